The van der Waals surface area contributed by atoms with Crippen LogP contribution in [0.15, 0.2) is 85.1 Å². The minimum Gasteiger partial charge on any atom is -0.509 e. The van der Waals surface area contributed by atoms with Crippen molar-refractivity contribution in [1.82, 2.24) is 19.3 Å². The molecule has 4 aromatic carbocycles. The minimum absolute atomic E-state index is 0. The Morgan fingerprint density at radius 2 is 1.58 bits per heavy atom. The van der Waals surface area contributed by atoms with Crippen LogP contribution in [0, 0.1) is 32.9 Å². The molecule has 7 aromatic rings. The number of hydrogen-bond donors (Lipinski definition) is 0. The Morgan fingerprint density at radius 1 is 0.800 bits per heavy atom. The largest absolute Gasteiger partial charge is 2.00 e. The Morgan fingerprint density at radius 3 is 2.32 bits per heavy atom. The van der Waals surface area contributed by atoms with Crippen LogP contribution in [-0.2, 0) is 33.9 Å². The molecule has 0 aliphatic carbocycles. The summed E-state index contributed by atoms with van der Waals surface area (Å²) in [5.41, 5.74) is 12.6. The summed E-state index contributed by atoms with van der Waals surface area (Å²) in [6.07, 6.45) is 5.94. The summed E-state index contributed by atoms with van der Waals surface area (Å²) in [6.45, 7) is 15.4. The minimum atomic E-state index is 0. The van der Waals surface area contributed by atoms with Crippen molar-refractivity contribution in [2.75, 3.05) is 0 Å². The maximum absolute atomic E-state index is 6.67. The predicted molar refractivity (Wildman–Crippen MR) is 202 cm³/mol. The van der Waals surface area contributed by atoms with Crippen LogP contribution in [0.4, 0.5) is 0 Å². The molecule has 3 aromatic heterocycles. The van der Waals surface area contributed by atoms with Crippen molar-refractivity contribution >= 4 is 21.8 Å². The first kappa shape index (κ1) is 35.4. The van der Waals surface area contributed by atoms with Crippen LogP contribution in [0.2, 0.25) is 0 Å². The van der Waals surface area contributed by atoms with Crippen LogP contribution >= 0.6 is 0 Å². The molecule has 5 nitrogen and oxygen atoms in total. The van der Waals surface area contributed by atoms with Gasteiger partial charge in [0.05, 0.1) is 5.69 Å². The fourth-order valence-electron chi connectivity index (χ4n) is 7.03. The molecule has 0 fully saturated rings. The Balaban J connectivity index is 0.00000432. The van der Waals surface area contributed by atoms with Crippen molar-refractivity contribution < 1.29 is 25.8 Å². The van der Waals surface area contributed by atoms with Gasteiger partial charge in [-0.1, -0.05) is 76.0 Å². The molecule has 0 bridgehead atoms. The maximum atomic E-state index is 6.67. The van der Waals surface area contributed by atoms with Gasteiger partial charge in [0.1, 0.15) is 5.82 Å². The van der Waals surface area contributed by atoms with E-state index in [0.29, 0.717) is 11.5 Å². The van der Waals surface area contributed by atoms with E-state index in [1.807, 2.05) is 12.3 Å². The summed E-state index contributed by atoms with van der Waals surface area (Å²) in [6, 6.07) is 34.9. The number of pyridine rings is 1. The molecule has 0 amide bonds. The average molecular weight is 840 g/mol. The fourth-order valence-corrected chi connectivity index (χ4v) is 7.03. The molecule has 0 unspecified atom stereocenters. The van der Waals surface area contributed by atoms with Crippen molar-refractivity contribution in [3.05, 3.63) is 131 Å². The number of unbranched alkanes of at least 4 members (excludes halogenated alkanes) is 1. The van der Waals surface area contributed by atoms with Gasteiger partial charge in [0.25, 0.3) is 0 Å². The van der Waals surface area contributed by atoms with Gasteiger partial charge in [0.2, 0.25) is 0 Å². The maximum Gasteiger partial charge on any atom is 2.00 e. The Bertz CT molecular complexity index is 2290. The van der Waals surface area contributed by atoms with E-state index >= 15 is 0 Å². The van der Waals surface area contributed by atoms with Gasteiger partial charge in [-0.25, -0.2) is 4.98 Å². The first-order valence-electron chi connectivity index (χ1n) is 17.6. The monoisotopic (exact) mass is 839 g/mol. The second kappa shape index (κ2) is 14.8. The van der Waals surface area contributed by atoms with Crippen LogP contribution in [0.5, 0.6) is 11.5 Å². The van der Waals surface area contributed by atoms with Crippen LogP contribution in [0.25, 0.3) is 44.4 Å². The van der Waals surface area contributed by atoms with Gasteiger partial charge in [-0.2, -0.15) is 11.2 Å². The third-order valence-corrected chi connectivity index (χ3v) is 9.63. The molecule has 0 spiro atoms. The first-order valence-corrected chi connectivity index (χ1v) is 17.6. The molecular weight excluding hydrogens is 796 g/mol. The van der Waals surface area contributed by atoms with Gasteiger partial charge >= 0.3 is 21.1 Å². The number of rotatable bonds is 10. The van der Waals surface area contributed by atoms with Gasteiger partial charge in [0, 0.05) is 34.5 Å². The number of aromatic nitrogens is 4. The third kappa shape index (κ3) is 6.56. The van der Waals surface area contributed by atoms with Crippen LogP contribution in [0.1, 0.15) is 80.1 Å². The van der Waals surface area contributed by atoms with E-state index in [9.17, 15) is 0 Å². The molecule has 3 heterocycles. The van der Waals surface area contributed by atoms with Crippen molar-refractivity contribution in [2.45, 2.75) is 80.1 Å². The Kier molecular flexibility index (Phi) is 10.5. The smallest absolute Gasteiger partial charge is 0.509 e. The normalized spacial score (nSPS) is 11.4. The Hall–Kier alpha value is -4.47. The SMILES string of the molecule is CCCCc1c(-c2c(C)cccc2C)c(C)nn1-c1[c-]c(Oc2[c-]c3c(cc2)c2ccccc2n3-c2cc(CC)ccn2)cc(C(C)C)c1.[Pt+2]. The number of fused-ring (bicyclic) bond motifs is 3. The number of para-hydroxylation sites is 1. The molecule has 256 valence electrons. The van der Waals surface area contributed by atoms with E-state index < -0.39 is 0 Å². The van der Waals surface area contributed by atoms with E-state index in [2.05, 4.69) is 143 Å². The quantitative estimate of drug-likeness (QED) is 0.129. The van der Waals surface area contributed by atoms with Gasteiger partial charge < -0.3 is 9.30 Å². The molecule has 0 saturated heterocycles. The average Bonchev–Trinajstić information content (AvgIpc) is 3.60. The van der Waals surface area contributed by atoms with Gasteiger partial charge in [-0.3, -0.25) is 4.68 Å². The van der Waals surface area contributed by atoms with Crippen molar-refractivity contribution in [1.29, 1.82) is 0 Å². The van der Waals surface area contributed by atoms with Crippen LogP contribution < -0.4 is 4.74 Å². The molecule has 0 aliphatic heterocycles. The van der Waals surface area contributed by atoms with Crippen LogP contribution in [0.3, 0.4) is 0 Å². The zero-order valence-electron chi connectivity index (χ0n) is 30.0. The second-order valence-corrected chi connectivity index (χ2v) is 13.4. The molecule has 6 heteroatoms. The van der Waals surface area contributed by atoms with E-state index in [4.69, 9.17) is 14.8 Å². The molecule has 50 heavy (non-hydrogen) atoms. The van der Waals surface area contributed by atoms with Gasteiger partial charge in [0.15, 0.2) is 0 Å². The molecule has 0 saturated carbocycles. The molecule has 0 N–H and O–H groups in total. The summed E-state index contributed by atoms with van der Waals surface area (Å²) in [7, 11) is 0. The first-order chi connectivity index (χ1) is 23.8. The van der Waals surface area contributed by atoms with Crippen molar-refractivity contribution in [2.24, 2.45) is 0 Å². The van der Waals surface area contributed by atoms with Gasteiger partial charge in [-0.15, -0.1) is 41.3 Å². The van der Waals surface area contributed by atoms with E-state index in [0.717, 1.165) is 64.7 Å². The second-order valence-electron chi connectivity index (χ2n) is 13.4. The standard InChI is InChI=1S/C44H44N4O.Pt/c1-8-10-17-40-44(43-29(5)14-13-15-30(43)6)31(7)46-48(40)34-24-33(28(3)4)25-36(26-34)49-35-19-20-38-37-16-11-12-18-39(37)47(41(38)27-35)42-23-32(9-2)21-22-45-42;/h11-16,18-25,28H,8-10,17H2,1-7H3;/q-2;+2. The molecule has 7 rings (SSSR count). The number of benzene rings is 4. The molecule has 0 atom stereocenters. The molecular formula is C44H44N4OPt. The molecule has 0 aliphatic rings. The predicted octanol–water partition coefficient (Wildman–Crippen LogP) is 11.4. The number of ether oxygens (including phenoxy) is 1. The zero-order valence-corrected chi connectivity index (χ0v) is 32.3. The number of aryl methyl sites for hydroxylation is 4. The van der Waals surface area contributed by atoms with Crippen molar-refractivity contribution in [3.63, 3.8) is 0 Å². The van der Waals surface area contributed by atoms with Crippen molar-refractivity contribution in [3.8, 4) is 34.1 Å². The van der Waals surface area contributed by atoms with E-state index in [1.165, 1.54) is 39.1 Å². The summed E-state index contributed by atoms with van der Waals surface area (Å²) < 4.78 is 11.0. The van der Waals surface area contributed by atoms with E-state index in [-0.39, 0.29) is 27.0 Å². The Labute approximate surface area is 310 Å². The summed E-state index contributed by atoms with van der Waals surface area (Å²) in [5.74, 6) is 2.44. The van der Waals surface area contributed by atoms with Crippen LogP contribution in [-0.4, -0.2) is 19.3 Å². The summed E-state index contributed by atoms with van der Waals surface area (Å²) in [5, 5.41) is 7.45. The van der Waals surface area contributed by atoms with Gasteiger partial charge in [-0.05, 0) is 97.5 Å². The third-order valence-electron chi connectivity index (χ3n) is 9.63. The zero-order chi connectivity index (χ0) is 34.2. The van der Waals surface area contributed by atoms with E-state index in [1.54, 1.807) is 0 Å². The topological polar surface area (TPSA) is 44.9 Å². The summed E-state index contributed by atoms with van der Waals surface area (Å²) >= 11 is 0. The number of hydrogen-bond acceptors (Lipinski definition) is 3. The molecule has 0 radical (unpaired) electrons. The number of nitrogens with zero attached hydrogens (tertiary/aromatic N) is 4. The fraction of sp³-hybridized carbons (Fsp3) is 0.273. The summed E-state index contributed by atoms with van der Waals surface area (Å²) in [4.78, 5) is 4.78.